The molecule has 1 N–H and O–H groups in total. The minimum atomic E-state index is -1.27. The van der Waals surface area contributed by atoms with E-state index in [9.17, 15) is 19.2 Å². The molecule has 3 rings (SSSR count). The maximum absolute atomic E-state index is 12.8. The van der Waals surface area contributed by atoms with E-state index in [-0.39, 0.29) is 12.8 Å². The standard InChI is InChI=1S/C21H22N2O6/c1-21(2,3)28-20(27)22-18(19(26)29-23-16(24)10-11-17(23)25)15-9-8-13-6-4-5-7-14(13)12-15/h4-9,12,18H,10-11H2,1-3H3,(H,22,27). The van der Waals surface area contributed by atoms with Crippen LogP contribution in [0.4, 0.5) is 4.79 Å². The fraction of sp³-hybridized carbons (Fsp3) is 0.333. The monoisotopic (exact) mass is 398 g/mol. The van der Waals surface area contributed by atoms with Gasteiger partial charge in [0.2, 0.25) is 0 Å². The van der Waals surface area contributed by atoms with Crippen LogP contribution in [0.3, 0.4) is 0 Å². The van der Waals surface area contributed by atoms with Gasteiger partial charge in [-0.1, -0.05) is 36.4 Å². The second kappa shape index (κ2) is 7.90. The highest BCUT2D eigenvalue weighted by Crippen LogP contribution is 2.23. The summed E-state index contributed by atoms with van der Waals surface area (Å²) < 4.78 is 5.23. The van der Waals surface area contributed by atoms with Crippen molar-refractivity contribution < 1.29 is 28.8 Å². The maximum atomic E-state index is 12.8. The summed E-state index contributed by atoms with van der Waals surface area (Å²) in [6.07, 6.45) is -0.870. The van der Waals surface area contributed by atoms with Gasteiger partial charge < -0.3 is 14.9 Å². The number of carbonyl (C=O) groups is 4. The normalized spacial score (nSPS) is 15.3. The Balaban J connectivity index is 1.89. The lowest BCUT2D eigenvalue weighted by Crippen LogP contribution is -2.42. The van der Waals surface area contributed by atoms with E-state index < -0.39 is 35.5 Å². The SMILES string of the molecule is CC(C)(C)OC(=O)NC(C(=O)ON1C(=O)CCC1=O)c1ccc2ccccc2c1. The highest BCUT2D eigenvalue weighted by Gasteiger charge is 2.36. The second-order valence-corrected chi connectivity index (χ2v) is 7.68. The number of amides is 3. The third-order valence-corrected chi connectivity index (χ3v) is 4.19. The molecule has 1 heterocycles. The van der Waals surface area contributed by atoms with Gasteiger partial charge in [0.1, 0.15) is 5.60 Å². The molecule has 1 saturated heterocycles. The molecular formula is C21H22N2O6. The van der Waals surface area contributed by atoms with Crippen LogP contribution in [0.15, 0.2) is 42.5 Å². The Labute approximate surface area is 167 Å². The van der Waals surface area contributed by atoms with Crippen molar-refractivity contribution in [2.75, 3.05) is 0 Å². The number of imide groups is 1. The first kappa shape index (κ1) is 20.3. The number of benzene rings is 2. The summed E-state index contributed by atoms with van der Waals surface area (Å²) in [6, 6.07) is 11.4. The molecule has 152 valence electrons. The van der Waals surface area contributed by atoms with Crippen LogP contribution in [0.25, 0.3) is 10.8 Å². The van der Waals surface area contributed by atoms with E-state index in [2.05, 4.69) is 5.32 Å². The lowest BCUT2D eigenvalue weighted by molar-refractivity contribution is -0.199. The number of rotatable bonds is 4. The van der Waals surface area contributed by atoms with Crippen molar-refractivity contribution in [1.82, 2.24) is 10.4 Å². The Hall–Kier alpha value is -3.42. The molecule has 0 saturated carbocycles. The minimum absolute atomic E-state index is 0.0216. The lowest BCUT2D eigenvalue weighted by Gasteiger charge is -2.24. The van der Waals surface area contributed by atoms with Crippen molar-refractivity contribution in [3.63, 3.8) is 0 Å². The number of alkyl carbamates (subject to hydrolysis) is 1. The van der Waals surface area contributed by atoms with E-state index in [4.69, 9.17) is 9.57 Å². The fourth-order valence-electron chi connectivity index (χ4n) is 2.89. The predicted molar refractivity (Wildman–Crippen MR) is 103 cm³/mol. The molecule has 3 amide bonds. The highest BCUT2D eigenvalue weighted by atomic mass is 16.7. The largest absolute Gasteiger partial charge is 0.444 e. The predicted octanol–water partition coefficient (Wildman–Crippen LogP) is 3.01. The summed E-state index contributed by atoms with van der Waals surface area (Å²) in [7, 11) is 0. The molecule has 1 aliphatic rings. The molecule has 8 nitrogen and oxygen atoms in total. The van der Waals surface area contributed by atoms with E-state index >= 15 is 0 Å². The van der Waals surface area contributed by atoms with Crippen LogP contribution in [-0.2, 0) is 24.0 Å². The molecule has 2 aromatic rings. The van der Waals surface area contributed by atoms with Gasteiger partial charge in [0.25, 0.3) is 11.8 Å². The van der Waals surface area contributed by atoms with Gasteiger partial charge in [-0.15, -0.1) is 5.06 Å². The van der Waals surface area contributed by atoms with Crippen LogP contribution in [0.2, 0.25) is 0 Å². The average molecular weight is 398 g/mol. The highest BCUT2D eigenvalue weighted by molar-refractivity contribution is 6.02. The van der Waals surface area contributed by atoms with Crippen molar-refractivity contribution in [2.24, 2.45) is 0 Å². The number of hydroxylamine groups is 2. The molecule has 0 aliphatic carbocycles. The molecule has 1 unspecified atom stereocenters. The first-order chi connectivity index (χ1) is 13.6. The van der Waals surface area contributed by atoms with Gasteiger partial charge >= 0.3 is 12.1 Å². The Bertz CT molecular complexity index is 963. The van der Waals surface area contributed by atoms with Crippen LogP contribution in [0.1, 0.15) is 45.2 Å². The third-order valence-electron chi connectivity index (χ3n) is 4.19. The molecule has 0 bridgehead atoms. The van der Waals surface area contributed by atoms with Gasteiger partial charge in [-0.2, -0.15) is 0 Å². The van der Waals surface area contributed by atoms with Crippen LogP contribution in [-0.4, -0.2) is 34.5 Å². The molecule has 8 heteroatoms. The molecule has 0 aromatic heterocycles. The zero-order chi connectivity index (χ0) is 21.2. The zero-order valence-corrected chi connectivity index (χ0v) is 16.4. The Morgan fingerprint density at radius 3 is 2.24 bits per heavy atom. The second-order valence-electron chi connectivity index (χ2n) is 7.68. The maximum Gasteiger partial charge on any atom is 0.408 e. The quantitative estimate of drug-likeness (QED) is 0.795. The van der Waals surface area contributed by atoms with Gasteiger partial charge in [-0.25, -0.2) is 9.59 Å². The summed E-state index contributed by atoms with van der Waals surface area (Å²) in [4.78, 5) is 53.7. The Kier molecular flexibility index (Phi) is 5.54. The van der Waals surface area contributed by atoms with Crippen LogP contribution in [0, 0.1) is 0 Å². The van der Waals surface area contributed by atoms with E-state index in [0.717, 1.165) is 10.8 Å². The number of carbonyl (C=O) groups excluding carboxylic acids is 4. The van der Waals surface area contributed by atoms with Crippen LogP contribution in [0.5, 0.6) is 0 Å². The summed E-state index contributed by atoms with van der Waals surface area (Å²) in [5, 5.41) is 4.72. The van der Waals surface area contributed by atoms with E-state index in [1.807, 2.05) is 24.3 Å². The van der Waals surface area contributed by atoms with Crippen LogP contribution >= 0.6 is 0 Å². The Morgan fingerprint density at radius 2 is 1.62 bits per heavy atom. The first-order valence-electron chi connectivity index (χ1n) is 9.20. The smallest absolute Gasteiger partial charge is 0.408 e. The number of hydrogen-bond acceptors (Lipinski definition) is 6. The average Bonchev–Trinajstić information content (AvgIpc) is 2.96. The topological polar surface area (TPSA) is 102 Å². The summed E-state index contributed by atoms with van der Waals surface area (Å²) in [5.74, 6) is -2.16. The van der Waals surface area contributed by atoms with Crippen molar-refractivity contribution in [2.45, 2.75) is 45.3 Å². The lowest BCUT2D eigenvalue weighted by atomic mass is 10.0. The molecule has 0 spiro atoms. The zero-order valence-electron chi connectivity index (χ0n) is 16.4. The van der Waals surface area contributed by atoms with Crippen molar-refractivity contribution >= 4 is 34.6 Å². The molecule has 2 aromatic carbocycles. The molecule has 1 aliphatic heterocycles. The van der Waals surface area contributed by atoms with Crippen molar-refractivity contribution in [1.29, 1.82) is 0 Å². The Morgan fingerprint density at radius 1 is 1.00 bits per heavy atom. The van der Waals surface area contributed by atoms with Gasteiger partial charge in [-0.3, -0.25) is 9.59 Å². The van der Waals surface area contributed by atoms with Gasteiger partial charge in [0, 0.05) is 12.8 Å². The van der Waals surface area contributed by atoms with E-state index in [1.165, 1.54) is 0 Å². The number of hydrogen-bond donors (Lipinski definition) is 1. The number of ether oxygens (including phenoxy) is 1. The molecular weight excluding hydrogens is 376 g/mol. The van der Waals surface area contributed by atoms with Gasteiger partial charge in [0.15, 0.2) is 6.04 Å². The third kappa shape index (κ3) is 4.90. The first-order valence-corrected chi connectivity index (χ1v) is 9.20. The molecule has 1 atom stereocenters. The summed E-state index contributed by atoms with van der Waals surface area (Å²) in [6.45, 7) is 5.08. The van der Waals surface area contributed by atoms with Gasteiger partial charge in [-0.05, 0) is 43.2 Å². The number of nitrogens with zero attached hydrogens (tertiary/aromatic N) is 1. The molecule has 0 radical (unpaired) electrons. The van der Waals surface area contributed by atoms with Crippen molar-refractivity contribution in [3.05, 3.63) is 48.0 Å². The van der Waals surface area contributed by atoms with E-state index in [0.29, 0.717) is 10.6 Å². The van der Waals surface area contributed by atoms with Crippen molar-refractivity contribution in [3.8, 4) is 0 Å². The number of fused-ring (bicyclic) bond motifs is 1. The summed E-state index contributed by atoms with van der Waals surface area (Å²) >= 11 is 0. The molecule has 29 heavy (non-hydrogen) atoms. The fourth-order valence-corrected chi connectivity index (χ4v) is 2.89. The van der Waals surface area contributed by atoms with Crippen LogP contribution < -0.4 is 5.32 Å². The summed E-state index contributed by atoms with van der Waals surface area (Å²) in [5.41, 5.74) is -0.346. The van der Waals surface area contributed by atoms with E-state index in [1.54, 1.807) is 39.0 Å². The minimum Gasteiger partial charge on any atom is -0.444 e. The number of nitrogens with one attached hydrogen (secondary N) is 1. The van der Waals surface area contributed by atoms with Gasteiger partial charge in [0.05, 0.1) is 0 Å². The molecule has 1 fully saturated rings.